The fourth-order valence-electron chi connectivity index (χ4n) is 3.00. The largest absolute Gasteiger partial charge is 0.497 e. The molecule has 0 unspecified atom stereocenters. The van der Waals surface area contributed by atoms with Gasteiger partial charge in [-0.05, 0) is 29.8 Å². The third-order valence-corrected chi connectivity index (χ3v) is 4.56. The summed E-state index contributed by atoms with van der Waals surface area (Å²) in [4.78, 5) is 32.7. The molecule has 2 heterocycles. The van der Waals surface area contributed by atoms with E-state index in [0.29, 0.717) is 39.0 Å². The van der Waals surface area contributed by atoms with Gasteiger partial charge in [-0.25, -0.2) is 0 Å². The molecule has 0 bridgehead atoms. The van der Waals surface area contributed by atoms with Gasteiger partial charge in [0.2, 0.25) is 11.8 Å². The summed E-state index contributed by atoms with van der Waals surface area (Å²) >= 11 is 0. The van der Waals surface area contributed by atoms with Crippen molar-refractivity contribution < 1.29 is 14.3 Å². The van der Waals surface area contributed by atoms with Crippen molar-refractivity contribution in [2.45, 2.75) is 12.8 Å². The Labute approximate surface area is 153 Å². The van der Waals surface area contributed by atoms with Crippen LogP contribution < -0.4 is 4.74 Å². The van der Waals surface area contributed by atoms with Crippen LogP contribution in [0.5, 0.6) is 5.75 Å². The van der Waals surface area contributed by atoms with Crippen LogP contribution in [0.4, 0.5) is 0 Å². The summed E-state index contributed by atoms with van der Waals surface area (Å²) in [6.07, 6.45) is 2.37. The van der Waals surface area contributed by atoms with Crippen molar-refractivity contribution in [1.29, 1.82) is 0 Å². The molecule has 1 saturated heterocycles. The van der Waals surface area contributed by atoms with Crippen LogP contribution >= 0.6 is 0 Å². The van der Waals surface area contributed by atoms with Crippen molar-refractivity contribution in [2.75, 3.05) is 33.3 Å². The average Bonchev–Trinajstić information content (AvgIpc) is 2.69. The van der Waals surface area contributed by atoms with E-state index in [-0.39, 0.29) is 11.8 Å². The van der Waals surface area contributed by atoms with Crippen molar-refractivity contribution >= 4 is 11.8 Å². The monoisotopic (exact) mass is 353 g/mol. The Bertz CT molecular complexity index is 739. The molecule has 26 heavy (non-hydrogen) atoms. The second kappa shape index (κ2) is 8.47. The summed E-state index contributed by atoms with van der Waals surface area (Å²) in [6, 6.07) is 13.1. The normalized spacial score (nSPS) is 14.2. The molecule has 0 atom stereocenters. The number of methoxy groups -OCH3 is 1. The van der Waals surface area contributed by atoms with E-state index in [1.807, 2.05) is 52.3 Å². The van der Waals surface area contributed by atoms with E-state index >= 15 is 0 Å². The lowest BCUT2D eigenvalue weighted by atomic mass is 10.1. The van der Waals surface area contributed by atoms with Crippen LogP contribution in [0.25, 0.3) is 0 Å². The van der Waals surface area contributed by atoms with Crippen LogP contribution in [-0.2, 0) is 22.4 Å². The maximum atomic E-state index is 12.5. The first-order valence-electron chi connectivity index (χ1n) is 8.74. The quantitative estimate of drug-likeness (QED) is 0.818. The number of aromatic nitrogens is 1. The first kappa shape index (κ1) is 17.9. The van der Waals surface area contributed by atoms with E-state index in [1.54, 1.807) is 13.3 Å². The third-order valence-electron chi connectivity index (χ3n) is 4.56. The second-order valence-corrected chi connectivity index (χ2v) is 6.28. The molecular formula is C20H23N3O3. The number of hydrogen-bond donors (Lipinski definition) is 0. The van der Waals surface area contributed by atoms with Crippen LogP contribution in [-0.4, -0.2) is 59.9 Å². The number of pyridine rings is 1. The van der Waals surface area contributed by atoms with Crippen molar-refractivity contribution in [3.63, 3.8) is 0 Å². The van der Waals surface area contributed by atoms with E-state index in [4.69, 9.17) is 4.74 Å². The lowest BCUT2D eigenvalue weighted by Gasteiger charge is -2.35. The van der Waals surface area contributed by atoms with Crippen molar-refractivity contribution in [2.24, 2.45) is 0 Å². The minimum atomic E-state index is 0.0611. The summed E-state index contributed by atoms with van der Waals surface area (Å²) in [5.41, 5.74) is 1.74. The number of piperazine rings is 1. The lowest BCUT2D eigenvalue weighted by Crippen LogP contribution is -2.51. The van der Waals surface area contributed by atoms with Crippen molar-refractivity contribution in [1.82, 2.24) is 14.8 Å². The van der Waals surface area contributed by atoms with Gasteiger partial charge in [-0.2, -0.15) is 0 Å². The fraction of sp³-hybridized carbons (Fsp3) is 0.350. The maximum absolute atomic E-state index is 12.5. The predicted octanol–water partition coefficient (Wildman–Crippen LogP) is 1.55. The number of ether oxygens (including phenoxy) is 1. The molecule has 0 N–H and O–H groups in total. The number of nitrogens with zero attached hydrogens (tertiary/aromatic N) is 3. The first-order chi connectivity index (χ1) is 12.7. The zero-order valence-electron chi connectivity index (χ0n) is 14.9. The van der Waals surface area contributed by atoms with Gasteiger partial charge < -0.3 is 14.5 Å². The Morgan fingerprint density at radius 3 is 2.08 bits per heavy atom. The molecule has 0 aliphatic carbocycles. The highest BCUT2D eigenvalue weighted by Gasteiger charge is 2.24. The summed E-state index contributed by atoms with van der Waals surface area (Å²) < 4.78 is 5.13. The summed E-state index contributed by atoms with van der Waals surface area (Å²) in [6.45, 7) is 2.28. The van der Waals surface area contributed by atoms with Crippen LogP contribution in [0.2, 0.25) is 0 Å². The molecule has 1 aliphatic rings. The van der Waals surface area contributed by atoms with Gasteiger partial charge in [0.25, 0.3) is 0 Å². The van der Waals surface area contributed by atoms with Crippen LogP contribution in [0.3, 0.4) is 0 Å². The van der Waals surface area contributed by atoms with Gasteiger partial charge in [0.05, 0.1) is 20.0 Å². The Morgan fingerprint density at radius 2 is 1.54 bits per heavy atom. The topological polar surface area (TPSA) is 62.7 Å². The number of carbonyl (C=O) groups is 2. The van der Waals surface area contributed by atoms with Gasteiger partial charge in [0.1, 0.15) is 5.75 Å². The smallest absolute Gasteiger partial charge is 0.228 e. The molecule has 1 fully saturated rings. The molecule has 0 spiro atoms. The van der Waals surface area contributed by atoms with E-state index < -0.39 is 0 Å². The van der Waals surface area contributed by atoms with Gasteiger partial charge in [-0.3, -0.25) is 14.6 Å². The van der Waals surface area contributed by atoms with Gasteiger partial charge in [-0.1, -0.05) is 18.2 Å². The SMILES string of the molecule is COc1ccc(CC(=O)N2CCN(C(=O)Cc3ccccn3)CC2)cc1. The Balaban J connectivity index is 1.48. The minimum absolute atomic E-state index is 0.0611. The number of hydrogen-bond acceptors (Lipinski definition) is 4. The molecule has 6 heteroatoms. The highest BCUT2D eigenvalue weighted by molar-refractivity contribution is 5.80. The van der Waals surface area contributed by atoms with Gasteiger partial charge in [-0.15, -0.1) is 0 Å². The van der Waals surface area contributed by atoms with Crippen molar-refractivity contribution in [3.05, 3.63) is 59.9 Å². The molecular weight excluding hydrogens is 330 g/mol. The molecule has 0 saturated carbocycles. The van der Waals surface area contributed by atoms with Crippen molar-refractivity contribution in [3.8, 4) is 5.75 Å². The molecule has 3 rings (SSSR count). The summed E-state index contributed by atoms with van der Waals surface area (Å²) in [5, 5.41) is 0. The second-order valence-electron chi connectivity index (χ2n) is 6.28. The standard InChI is InChI=1S/C20H23N3O3/c1-26-18-7-5-16(6-8-18)14-19(24)22-10-12-23(13-11-22)20(25)15-17-4-2-3-9-21-17/h2-9H,10-15H2,1H3. The van der Waals surface area contributed by atoms with Crippen LogP contribution in [0.15, 0.2) is 48.7 Å². The summed E-state index contributed by atoms with van der Waals surface area (Å²) in [7, 11) is 1.62. The van der Waals surface area contributed by atoms with E-state index in [9.17, 15) is 9.59 Å². The molecule has 1 aromatic carbocycles. The molecule has 6 nitrogen and oxygen atoms in total. The lowest BCUT2D eigenvalue weighted by molar-refractivity contribution is -0.138. The fourth-order valence-corrected chi connectivity index (χ4v) is 3.00. The summed E-state index contributed by atoms with van der Waals surface area (Å²) in [5.74, 6) is 0.930. The molecule has 0 radical (unpaired) electrons. The molecule has 1 aliphatic heterocycles. The van der Waals surface area contributed by atoms with Gasteiger partial charge in [0.15, 0.2) is 0 Å². The zero-order valence-corrected chi connectivity index (χ0v) is 14.9. The third kappa shape index (κ3) is 4.59. The highest BCUT2D eigenvalue weighted by atomic mass is 16.5. The minimum Gasteiger partial charge on any atom is -0.497 e. The molecule has 2 aromatic rings. The Morgan fingerprint density at radius 1 is 0.923 bits per heavy atom. The highest BCUT2D eigenvalue weighted by Crippen LogP contribution is 2.13. The number of amides is 2. The van der Waals surface area contributed by atoms with Gasteiger partial charge >= 0.3 is 0 Å². The van der Waals surface area contributed by atoms with Crippen LogP contribution in [0.1, 0.15) is 11.3 Å². The average molecular weight is 353 g/mol. The van der Waals surface area contributed by atoms with Gasteiger partial charge in [0, 0.05) is 38.1 Å². The number of benzene rings is 1. The molecule has 2 amide bonds. The van der Waals surface area contributed by atoms with Crippen LogP contribution in [0, 0.1) is 0 Å². The molecule has 136 valence electrons. The van der Waals surface area contributed by atoms with E-state index in [1.165, 1.54) is 0 Å². The van der Waals surface area contributed by atoms with E-state index in [2.05, 4.69) is 4.98 Å². The van der Waals surface area contributed by atoms with E-state index in [0.717, 1.165) is 17.0 Å². The maximum Gasteiger partial charge on any atom is 0.228 e. The number of carbonyl (C=O) groups excluding carboxylic acids is 2. The number of rotatable bonds is 5. The Kier molecular flexibility index (Phi) is 5.84. The molecule has 1 aromatic heterocycles. The predicted molar refractivity (Wildman–Crippen MR) is 97.8 cm³/mol. The zero-order chi connectivity index (χ0) is 18.4. The first-order valence-corrected chi connectivity index (χ1v) is 8.74. The Hall–Kier alpha value is -2.89.